The summed E-state index contributed by atoms with van der Waals surface area (Å²) in [5.41, 5.74) is 3.82. The van der Waals surface area contributed by atoms with Crippen molar-refractivity contribution in [1.29, 1.82) is 0 Å². The first-order valence-electron chi connectivity index (χ1n) is 5.19. The fraction of sp³-hybridized carbons (Fsp3) is 0.417. The maximum atomic E-state index is 11.7. The molecule has 0 aromatic heterocycles. The lowest BCUT2D eigenvalue weighted by molar-refractivity contribution is 0.0208. The Morgan fingerprint density at radius 1 is 1.50 bits per heavy atom. The van der Waals surface area contributed by atoms with E-state index in [4.69, 9.17) is 16.4 Å². The molecule has 16 heavy (non-hydrogen) atoms. The van der Waals surface area contributed by atoms with Crippen molar-refractivity contribution >= 4 is 17.5 Å². The Hall–Kier alpha value is -1.06. The van der Waals surface area contributed by atoms with Crippen molar-refractivity contribution in [3.05, 3.63) is 34.3 Å². The van der Waals surface area contributed by atoms with Gasteiger partial charge in [0.15, 0.2) is 0 Å². The monoisotopic (exact) mass is 241 g/mol. The van der Waals surface area contributed by atoms with Gasteiger partial charge in [0, 0.05) is 10.6 Å². The van der Waals surface area contributed by atoms with Crippen LogP contribution in [0.3, 0.4) is 0 Å². The molecule has 0 saturated carbocycles. The molecular formula is C12H16ClNO2. The number of aryl methyl sites for hydroxylation is 1. The van der Waals surface area contributed by atoms with E-state index in [9.17, 15) is 4.79 Å². The fourth-order valence-electron chi connectivity index (χ4n) is 1.21. The highest BCUT2D eigenvalue weighted by atomic mass is 35.5. The predicted molar refractivity (Wildman–Crippen MR) is 64.4 cm³/mol. The van der Waals surface area contributed by atoms with E-state index in [1.807, 2.05) is 20.8 Å². The zero-order valence-corrected chi connectivity index (χ0v) is 10.5. The Morgan fingerprint density at radius 3 is 2.75 bits per heavy atom. The molecule has 0 aliphatic carbocycles. The van der Waals surface area contributed by atoms with Gasteiger partial charge in [-0.3, -0.25) is 9.63 Å². The van der Waals surface area contributed by atoms with Gasteiger partial charge in [-0.2, -0.15) is 0 Å². The van der Waals surface area contributed by atoms with E-state index in [0.717, 1.165) is 5.56 Å². The van der Waals surface area contributed by atoms with Gasteiger partial charge in [0.2, 0.25) is 0 Å². The first kappa shape index (κ1) is 13.0. The molecular weight excluding hydrogens is 226 g/mol. The summed E-state index contributed by atoms with van der Waals surface area (Å²) < 4.78 is 0. The van der Waals surface area contributed by atoms with Crippen LogP contribution in [0, 0.1) is 12.8 Å². The lowest BCUT2D eigenvalue weighted by Gasteiger charge is -2.09. The number of nitrogens with one attached hydrogen (secondary N) is 1. The number of benzene rings is 1. The van der Waals surface area contributed by atoms with E-state index in [0.29, 0.717) is 23.1 Å². The van der Waals surface area contributed by atoms with E-state index < -0.39 is 0 Å². The third-order valence-corrected chi connectivity index (χ3v) is 2.25. The first-order chi connectivity index (χ1) is 7.50. The van der Waals surface area contributed by atoms with Crippen LogP contribution in [0.5, 0.6) is 0 Å². The number of hydrogen-bond donors (Lipinski definition) is 1. The molecule has 1 aromatic carbocycles. The number of carbonyl (C=O) groups excluding carboxylic acids is 1. The van der Waals surface area contributed by atoms with Crippen LogP contribution in [0.15, 0.2) is 18.2 Å². The van der Waals surface area contributed by atoms with Crippen LogP contribution in [0.4, 0.5) is 0 Å². The van der Waals surface area contributed by atoms with Gasteiger partial charge in [-0.05, 0) is 36.6 Å². The first-order valence-corrected chi connectivity index (χ1v) is 5.56. The number of hydroxylamine groups is 1. The Balaban J connectivity index is 2.59. The summed E-state index contributed by atoms with van der Waals surface area (Å²) in [5.74, 6) is 0.140. The second kappa shape index (κ2) is 5.87. The summed E-state index contributed by atoms with van der Waals surface area (Å²) in [4.78, 5) is 16.7. The predicted octanol–water partition coefficient (Wildman–Crippen LogP) is 2.97. The molecule has 4 heteroatoms. The van der Waals surface area contributed by atoms with Crippen molar-refractivity contribution in [3.8, 4) is 0 Å². The van der Waals surface area contributed by atoms with Crippen molar-refractivity contribution in [2.75, 3.05) is 6.61 Å². The van der Waals surface area contributed by atoms with E-state index >= 15 is 0 Å². The molecule has 0 unspecified atom stereocenters. The Labute approximate surface area is 101 Å². The molecule has 1 amide bonds. The molecule has 3 nitrogen and oxygen atoms in total. The molecule has 0 atom stereocenters. The number of amides is 1. The number of hydrogen-bond acceptors (Lipinski definition) is 2. The topological polar surface area (TPSA) is 38.3 Å². The van der Waals surface area contributed by atoms with Crippen molar-refractivity contribution < 1.29 is 9.63 Å². The normalized spacial score (nSPS) is 10.6. The lowest BCUT2D eigenvalue weighted by atomic mass is 10.1. The molecule has 0 aliphatic heterocycles. The highest BCUT2D eigenvalue weighted by Crippen LogP contribution is 2.14. The average molecular weight is 242 g/mol. The third kappa shape index (κ3) is 3.83. The zero-order chi connectivity index (χ0) is 12.1. The van der Waals surface area contributed by atoms with Crippen molar-refractivity contribution in [1.82, 2.24) is 5.48 Å². The fourth-order valence-corrected chi connectivity index (χ4v) is 1.44. The molecule has 0 radical (unpaired) electrons. The standard InChI is InChI=1S/C12H16ClNO2/c1-8(2)7-16-14-12(15)11-5-4-10(13)6-9(11)3/h4-6,8H,7H2,1-3H3,(H,14,15). The largest absolute Gasteiger partial charge is 0.275 e. The van der Waals surface area contributed by atoms with Gasteiger partial charge < -0.3 is 0 Å². The molecule has 0 spiro atoms. The van der Waals surface area contributed by atoms with Crippen LogP contribution in [0.1, 0.15) is 29.8 Å². The van der Waals surface area contributed by atoms with Crippen LogP contribution in [-0.2, 0) is 4.84 Å². The number of halogens is 1. The smallest absolute Gasteiger partial charge is 0.273 e. The van der Waals surface area contributed by atoms with Crippen LogP contribution in [0.25, 0.3) is 0 Å². The SMILES string of the molecule is Cc1cc(Cl)ccc1C(=O)NOCC(C)C. The zero-order valence-electron chi connectivity index (χ0n) is 9.71. The van der Waals surface area contributed by atoms with E-state index in [2.05, 4.69) is 5.48 Å². The van der Waals surface area contributed by atoms with Gasteiger partial charge in [-0.15, -0.1) is 0 Å². The summed E-state index contributed by atoms with van der Waals surface area (Å²) in [6, 6.07) is 5.12. The van der Waals surface area contributed by atoms with Gasteiger partial charge in [0.05, 0.1) is 6.61 Å². The summed E-state index contributed by atoms with van der Waals surface area (Å²) in [7, 11) is 0. The second-order valence-corrected chi connectivity index (χ2v) is 4.53. The average Bonchev–Trinajstić information content (AvgIpc) is 2.16. The van der Waals surface area contributed by atoms with Crippen LogP contribution in [-0.4, -0.2) is 12.5 Å². The molecule has 1 aromatic rings. The molecule has 0 fully saturated rings. The number of carbonyl (C=O) groups is 1. The van der Waals surface area contributed by atoms with Gasteiger partial charge in [0.1, 0.15) is 0 Å². The van der Waals surface area contributed by atoms with Crippen LogP contribution in [0.2, 0.25) is 5.02 Å². The van der Waals surface area contributed by atoms with E-state index in [1.165, 1.54) is 0 Å². The molecule has 1 rings (SSSR count). The molecule has 0 bridgehead atoms. The molecule has 0 saturated heterocycles. The second-order valence-electron chi connectivity index (χ2n) is 4.10. The molecule has 0 heterocycles. The summed E-state index contributed by atoms with van der Waals surface area (Å²) in [5, 5.41) is 0.622. The van der Waals surface area contributed by atoms with Crippen LogP contribution < -0.4 is 5.48 Å². The molecule has 88 valence electrons. The summed E-state index contributed by atoms with van der Waals surface area (Å²) in [6.45, 7) is 6.36. The molecule has 1 N–H and O–H groups in total. The highest BCUT2D eigenvalue weighted by Gasteiger charge is 2.09. The minimum absolute atomic E-state index is 0.241. The van der Waals surface area contributed by atoms with Gasteiger partial charge in [-0.25, -0.2) is 5.48 Å². The third-order valence-electron chi connectivity index (χ3n) is 2.01. The lowest BCUT2D eigenvalue weighted by Crippen LogP contribution is -2.26. The van der Waals surface area contributed by atoms with Gasteiger partial charge in [0.25, 0.3) is 5.91 Å². The molecule has 0 aliphatic rings. The maximum absolute atomic E-state index is 11.7. The highest BCUT2D eigenvalue weighted by molar-refractivity contribution is 6.30. The van der Waals surface area contributed by atoms with Crippen molar-refractivity contribution in [2.45, 2.75) is 20.8 Å². The van der Waals surface area contributed by atoms with E-state index in [1.54, 1.807) is 18.2 Å². The Kier molecular flexibility index (Phi) is 4.77. The van der Waals surface area contributed by atoms with Gasteiger partial charge >= 0.3 is 0 Å². The minimum atomic E-state index is -0.241. The maximum Gasteiger partial charge on any atom is 0.275 e. The van der Waals surface area contributed by atoms with E-state index in [-0.39, 0.29) is 5.91 Å². The Morgan fingerprint density at radius 2 is 2.19 bits per heavy atom. The van der Waals surface area contributed by atoms with Crippen molar-refractivity contribution in [2.24, 2.45) is 5.92 Å². The quantitative estimate of drug-likeness (QED) is 0.823. The van der Waals surface area contributed by atoms with Crippen molar-refractivity contribution in [3.63, 3.8) is 0 Å². The van der Waals surface area contributed by atoms with Crippen LogP contribution >= 0.6 is 11.6 Å². The summed E-state index contributed by atoms with van der Waals surface area (Å²) in [6.07, 6.45) is 0. The summed E-state index contributed by atoms with van der Waals surface area (Å²) >= 11 is 5.80. The number of rotatable bonds is 4. The Bertz CT molecular complexity index is 377. The minimum Gasteiger partial charge on any atom is -0.273 e. The van der Waals surface area contributed by atoms with Gasteiger partial charge in [-0.1, -0.05) is 25.4 Å².